The molecule has 3 rings (SSSR count). The van der Waals surface area contributed by atoms with E-state index >= 15 is 0 Å². The van der Waals surface area contributed by atoms with Crippen molar-refractivity contribution in [2.45, 2.75) is 13.8 Å². The van der Waals surface area contributed by atoms with Crippen LogP contribution in [0.1, 0.15) is 28.7 Å². The van der Waals surface area contributed by atoms with Crippen LogP contribution in [-0.4, -0.2) is 17.9 Å². The van der Waals surface area contributed by atoms with E-state index < -0.39 is 0 Å². The molecule has 0 N–H and O–H groups in total. The quantitative estimate of drug-likeness (QED) is 0.599. The molecule has 0 radical (unpaired) electrons. The van der Waals surface area contributed by atoms with Gasteiger partial charge in [0.25, 0.3) is 0 Å². The Morgan fingerprint density at radius 3 is 2.72 bits per heavy atom. The van der Waals surface area contributed by atoms with Gasteiger partial charge in [0, 0.05) is 11.1 Å². The first-order valence-corrected chi connectivity index (χ1v) is 8.05. The Kier molecular flexibility index (Phi) is 5.09. The number of carbonyl (C=O) groups is 1. The second-order valence-corrected chi connectivity index (χ2v) is 5.68. The average molecular weight is 333 g/mol. The number of hydrogen-bond acceptors (Lipinski definition) is 4. The van der Waals surface area contributed by atoms with Crippen LogP contribution in [0.4, 0.5) is 0 Å². The largest absolute Gasteiger partial charge is 0.489 e. The number of allylic oxidation sites excluding steroid dienone is 1. The normalized spacial score (nSPS) is 11.4. The minimum Gasteiger partial charge on any atom is -0.489 e. The molecule has 0 fully saturated rings. The van der Waals surface area contributed by atoms with E-state index in [1.807, 2.05) is 56.3 Å². The van der Waals surface area contributed by atoms with Crippen molar-refractivity contribution in [2.24, 2.45) is 0 Å². The molecule has 3 aromatic rings. The second kappa shape index (κ2) is 7.62. The van der Waals surface area contributed by atoms with Gasteiger partial charge in [-0.25, -0.2) is 4.98 Å². The van der Waals surface area contributed by atoms with Crippen LogP contribution in [-0.2, 0) is 0 Å². The van der Waals surface area contributed by atoms with Crippen molar-refractivity contribution in [3.63, 3.8) is 0 Å². The first kappa shape index (κ1) is 16.7. The lowest BCUT2D eigenvalue weighted by Gasteiger charge is -2.04. The number of aromatic nitrogens is 1. The number of ether oxygens (including phenoxy) is 1. The summed E-state index contributed by atoms with van der Waals surface area (Å²) < 4.78 is 11.5. The van der Waals surface area contributed by atoms with Crippen LogP contribution in [0.3, 0.4) is 0 Å². The molecule has 0 saturated heterocycles. The zero-order valence-electron chi connectivity index (χ0n) is 14.2. The molecule has 0 atom stereocenters. The topological polar surface area (TPSA) is 52.3 Å². The fourth-order valence-electron chi connectivity index (χ4n) is 2.50. The molecule has 0 aliphatic heterocycles. The van der Waals surface area contributed by atoms with Gasteiger partial charge in [0.2, 0.25) is 5.89 Å². The number of rotatable bonds is 6. The molecule has 0 spiro atoms. The highest BCUT2D eigenvalue weighted by Gasteiger charge is 2.12. The molecule has 126 valence electrons. The van der Waals surface area contributed by atoms with E-state index in [0.717, 1.165) is 28.9 Å². The summed E-state index contributed by atoms with van der Waals surface area (Å²) >= 11 is 0. The molecule has 4 nitrogen and oxygen atoms in total. The minimum atomic E-state index is 0.390. The van der Waals surface area contributed by atoms with Gasteiger partial charge >= 0.3 is 0 Å². The molecule has 2 aromatic carbocycles. The molecule has 0 unspecified atom stereocenters. The first-order chi connectivity index (χ1) is 12.2. The maximum absolute atomic E-state index is 10.8. The number of aryl methyl sites for hydroxylation is 1. The summed E-state index contributed by atoms with van der Waals surface area (Å²) in [5.74, 6) is 2.05. The number of hydrogen-bond donors (Lipinski definition) is 0. The summed E-state index contributed by atoms with van der Waals surface area (Å²) in [4.78, 5) is 15.4. The summed E-state index contributed by atoms with van der Waals surface area (Å²) in [5.41, 5.74) is 3.35. The molecule has 4 heteroatoms. The van der Waals surface area contributed by atoms with E-state index in [1.165, 1.54) is 0 Å². The summed E-state index contributed by atoms with van der Waals surface area (Å²) in [6, 6.07) is 16.9. The smallest absolute Gasteiger partial charge is 0.226 e. The number of oxazole rings is 1. The van der Waals surface area contributed by atoms with Gasteiger partial charge in [0.1, 0.15) is 30.1 Å². The highest BCUT2D eigenvalue weighted by atomic mass is 16.5. The summed E-state index contributed by atoms with van der Waals surface area (Å²) in [5, 5.41) is 0. The van der Waals surface area contributed by atoms with Crippen molar-refractivity contribution in [2.75, 3.05) is 6.61 Å². The van der Waals surface area contributed by atoms with E-state index in [4.69, 9.17) is 9.15 Å². The van der Waals surface area contributed by atoms with Crippen LogP contribution < -0.4 is 4.74 Å². The number of nitrogens with zero attached hydrogens (tertiary/aromatic N) is 1. The van der Waals surface area contributed by atoms with Crippen molar-refractivity contribution in [3.8, 4) is 17.2 Å². The highest BCUT2D eigenvalue weighted by molar-refractivity contribution is 5.75. The average Bonchev–Trinajstić information content (AvgIpc) is 3.04. The molecule has 0 aliphatic carbocycles. The lowest BCUT2D eigenvalue weighted by Crippen LogP contribution is -1.96. The molecule has 0 aliphatic rings. The van der Waals surface area contributed by atoms with Crippen LogP contribution in [0.5, 0.6) is 5.75 Å². The Morgan fingerprint density at radius 1 is 1.16 bits per heavy atom. The lowest BCUT2D eigenvalue weighted by molar-refractivity contribution is 0.112. The van der Waals surface area contributed by atoms with Crippen molar-refractivity contribution >= 4 is 11.9 Å². The third-order valence-electron chi connectivity index (χ3n) is 3.82. The molecular weight excluding hydrogens is 314 g/mol. The predicted octanol–water partition coefficient (Wildman–Crippen LogP) is 4.94. The van der Waals surface area contributed by atoms with E-state index in [9.17, 15) is 4.79 Å². The van der Waals surface area contributed by atoms with Crippen LogP contribution in [0.25, 0.3) is 17.0 Å². The van der Waals surface area contributed by atoms with E-state index in [1.54, 1.807) is 18.2 Å². The Labute approximate surface area is 146 Å². The standard InChI is InChI=1S/C21H19NO3/c1-15(11-12-24-19-10-6-7-17(13-19)14-23)20-16(2)25-21(22-20)18-8-4-3-5-9-18/h3-11,13-14H,12H2,1-2H3/b15-11+. The summed E-state index contributed by atoms with van der Waals surface area (Å²) in [6.45, 7) is 4.27. The van der Waals surface area contributed by atoms with Gasteiger partial charge in [-0.3, -0.25) is 4.79 Å². The van der Waals surface area contributed by atoms with Gasteiger partial charge in [-0.1, -0.05) is 30.3 Å². The van der Waals surface area contributed by atoms with Gasteiger partial charge in [-0.05, 0) is 49.8 Å². The van der Waals surface area contributed by atoms with Gasteiger partial charge in [0.05, 0.1) is 0 Å². The van der Waals surface area contributed by atoms with Crippen LogP contribution in [0, 0.1) is 6.92 Å². The molecule has 1 aromatic heterocycles. The Hall–Kier alpha value is -3.14. The van der Waals surface area contributed by atoms with Gasteiger partial charge in [0.15, 0.2) is 0 Å². The summed E-state index contributed by atoms with van der Waals surface area (Å²) in [6.07, 6.45) is 2.75. The van der Waals surface area contributed by atoms with E-state index in [0.29, 0.717) is 23.8 Å². The SMILES string of the molecule is C/C(=C\COc1cccc(C=O)c1)c1nc(-c2ccccc2)oc1C. The Bertz CT molecular complexity index is 895. The molecule has 0 bridgehead atoms. The van der Waals surface area contributed by atoms with Crippen molar-refractivity contribution in [3.05, 3.63) is 77.7 Å². The molecule has 0 saturated carbocycles. The van der Waals surface area contributed by atoms with Crippen molar-refractivity contribution in [1.29, 1.82) is 0 Å². The molecule has 0 amide bonds. The Morgan fingerprint density at radius 2 is 1.96 bits per heavy atom. The fourth-order valence-corrected chi connectivity index (χ4v) is 2.50. The monoisotopic (exact) mass is 333 g/mol. The predicted molar refractivity (Wildman–Crippen MR) is 97.7 cm³/mol. The third-order valence-corrected chi connectivity index (χ3v) is 3.82. The van der Waals surface area contributed by atoms with Crippen LogP contribution in [0.15, 0.2) is 65.1 Å². The van der Waals surface area contributed by atoms with Gasteiger partial charge < -0.3 is 9.15 Å². The summed E-state index contributed by atoms with van der Waals surface area (Å²) in [7, 11) is 0. The Balaban J connectivity index is 1.72. The van der Waals surface area contributed by atoms with Gasteiger partial charge in [-0.2, -0.15) is 0 Å². The number of benzene rings is 2. The highest BCUT2D eigenvalue weighted by Crippen LogP contribution is 2.25. The maximum atomic E-state index is 10.8. The minimum absolute atomic E-state index is 0.390. The second-order valence-electron chi connectivity index (χ2n) is 5.68. The van der Waals surface area contributed by atoms with E-state index in [2.05, 4.69) is 4.98 Å². The van der Waals surface area contributed by atoms with E-state index in [-0.39, 0.29) is 0 Å². The third kappa shape index (κ3) is 4.04. The number of carbonyl (C=O) groups excluding carboxylic acids is 1. The molecule has 1 heterocycles. The maximum Gasteiger partial charge on any atom is 0.226 e. The first-order valence-electron chi connectivity index (χ1n) is 8.05. The van der Waals surface area contributed by atoms with Crippen molar-refractivity contribution in [1.82, 2.24) is 4.98 Å². The van der Waals surface area contributed by atoms with Crippen molar-refractivity contribution < 1.29 is 13.9 Å². The lowest BCUT2D eigenvalue weighted by atomic mass is 10.2. The fraction of sp³-hybridized carbons (Fsp3) is 0.143. The number of aldehydes is 1. The zero-order valence-corrected chi connectivity index (χ0v) is 14.2. The van der Waals surface area contributed by atoms with Gasteiger partial charge in [-0.15, -0.1) is 0 Å². The van der Waals surface area contributed by atoms with Crippen LogP contribution >= 0.6 is 0 Å². The molecule has 25 heavy (non-hydrogen) atoms. The zero-order chi connectivity index (χ0) is 17.6. The van der Waals surface area contributed by atoms with Crippen LogP contribution in [0.2, 0.25) is 0 Å². The molecular formula is C21H19NO3.